The number of hydrogen-bond donors (Lipinski definition) is 0. The molecule has 1 rings (SSSR count). The largest absolute Gasteiger partial charge is 0.428 e. The van der Waals surface area contributed by atoms with Crippen molar-refractivity contribution in [1.82, 2.24) is 0 Å². The van der Waals surface area contributed by atoms with Gasteiger partial charge in [-0.15, -0.1) is 0 Å². The van der Waals surface area contributed by atoms with Gasteiger partial charge in [0.1, 0.15) is 0 Å². The molecule has 1 aliphatic carbocycles. The molecule has 2 atom stereocenters. The lowest BCUT2D eigenvalue weighted by molar-refractivity contribution is -0.149. The molecular weight excluding hydrogens is 171 g/mol. The first-order chi connectivity index (χ1) is 5.92. The third-order valence-corrected chi connectivity index (χ3v) is 2.33. The Balaban J connectivity index is 2.29. The fraction of sp³-hybridized carbons (Fsp3) is 0.700. The van der Waals surface area contributed by atoms with Crippen LogP contribution >= 0.6 is 0 Å². The van der Waals surface area contributed by atoms with E-state index in [2.05, 4.69) is 18.6 Å². The minimum absolute atomic E-state index is 0.304. The van der Waals surface area contributed by atoms with Gasteiger partial charge in [-0.3, -0.25) is 0 Å². The molecule has 0 N–H and O–H groups in total. The van der Waals surface area contributed by atoms with Crippen molar-refractivity contribution in [2.75, 3.05) is 0 Å². The van der Waals surface area contributed by atoms with Gasteiger partial charge in [0.05, 0.1) is 0 Å². The van der Waals surface area contributed by atoms with Crippen LogP contribution in [0.4, 0.5) is 4.39 Å². The normalized spacial score (nSPS) is 27.2. The highest BCUT2D eigenvalue weighted by atomic mass is 19.1. The molecule has 0 spiro atoms. The van der Waals surface area contributed by atoms with Gasteiger partial charge in [0.15, 0.2) is 0 Å². The molecule has 1 aliphatic rings. The predicted molar refractivity (Wildman–Crippen MR) is 47.7 cm³/mol. The Kier molecular flexibility index (Phi) is 2.74. The lowest BCUT2D eigenvalue weighted by Crippen LogP contribution is -2.07. The Hall–Kier alpha value is -0.860. The number of halogens is 1. The first kappa shape index (κ1) is 10.2. The van der Waals surface area contributed by atoms with Crippen LogP contribution in [0.2, 0.25) is 0 Å². The van der Waals surface area contributed by atoms with E-state index in [4.69, 9.17) is 0 Å². The number of alkyl halides is 1. The van der Waals surface area contributed by atoms with E-state index in [1.54, 1.807) is 6.08 Å². The van der Waals surface area contributed by atoms with Crippen LogP contribution in [0.25, 0.3) is 0 Å². The van der Waals surface area contributed by atoms with Crippen LogP contribution in [0.15, 0.2) is 12.2 Å². The molecule has 0 radical (unpaired) electrons. The average Bonchev–Trinajstić information content (AvgIpc) is 2.53. The van der Waals surface area contributed by atoms with E-state index in [0.717, 1.165) is 6.42 Å². The van der Waals surface area contributed by atoms with Crippen molar-refractivity contribution in [2.45, 2.75) is 33.5 Å². The summed E-state index contributed by atoms with van der Waals surface area (Å²) in [4.78, 5) is 10.8. The van der Waals surface area contributed by atoms with Gasteiger partial charge in [-0.1, -0.05) is 19.9 Å². The van der Waals surface area contributed by atoms with Crippen molar-refractivity contribution in [3.05, 3.63) is 12.2 Å². The Morgan fingerprint density at radius 2 is 2.23 bits per heavy atom. The van der Waals surface area contributed by atoms with E-state index in [1.807, 2.05) is 0 Å². The van der Waals surface area contributed by atoms with Gasteiger partial charge in [0.2, 0.25) is 6.36 Å². The van der Waals surface area contributed by atoms with Crippen LogP contribution in [0.1, 0.15) is 27.2 Å². The minimum atomic E-state index is -1.52. The molecule has 1 saturated carbocycles. The first-order valence-corrected chi connectivity index (χ1v) is 4.45. The SMILES string of the molecule is CC(F)OC(=O)C=CC1CC1(C)C. The summed E-state index contributed by atoms with van der Waals surface area (Å²) < 4.78 is 16.5. The van der Waals surface area contributed by atoms with Crippen molar-refractivity contribution in [1.29, 1.82) is 0 Å². The maximum atomic E-state index is 12.2. The van der Waals surface area contributed by atoms with Crippen molar-refractivity contribution in [2.24, 2.45) is 11.3 Å². The summed E-state index contributed by atoms with van der Waals surface area (Å²) >= 11 is 0. The molecule has 0 aromatic rings. The number of ether oxygens (including phenoxy) is 1. The summed E-state index contributed by atoms with van der Waals surface area (Å²) in [5.74, 6) is -0.160. The molecule has 0 heterocycles. The van der Waals surface area contributed by atoms with Crippen molar-refractivity contribution in [3.8, 4) is 0 Å². The number of carbonyl (C=O) groups is 1. The van der Waals surface area contributed by atoms with Crippen LogP contribution in [-0.2, 0) is 9.53 Å². The zero-order valence-electron chi connectivity index (χ0n) is 8.21. The van der Waals surface area contributed by atoms with E-state index < -0.39 is 12.3 Å². The Morgan fingerprint density at radius 1 is 1.69 bits per heavy atom. The lowest BCUT2D eigenvalue weighted by Gasteiger charge is -2.00. The number of esters is 1. The van der Waals surface area contributed by atoms with Crippen LogP contribution in [-0.4, -0.2) is 12.3 Å². The molecular formula is C10H15FO2. The van der Waals surface area contributed by atoms with Gasteiger partial charge in [-0.05, 0) is 17.8 Å². The molecule has 0 aliphatic heterocycles. The Labute approximate surface area is 77.8 Å². The predicted octanol–water partition coefficient (Wildman–Crippen LogP) is 2.45. The van der Waals surface area contributed by atoms with E-state index >= 15 is 0 Å². The Bertz CT molecular complexity index is 231. The number of allylic oxidation sites excluding steroid dienone is 1. The molecule has 2 unspecified atom stereocenters. The lowest BCUT2D eigenvalue weighted by atomic mass is 10.1. The molecule has 0 aromatic carbocycles. The van der Waals surface area contributed by atoms with E-state index in [9.17, 15) is 9.18 Å². The van der Waals surface area contributed by atoms with Gasteiger partial charge in [0, 0.05) is 13.0 Å². The maximum Gasteiger partial charge on any atom is 0.332 e. The standard InChI is InChI=1S/C10H15FO2/c1-7(11)13-9(12)5-4-8-6-10(8,2)3/h4-5,7-8H,6H2,1-3H3. The summed E-state index contributed by atoms with van der Waals surface area (Å²) in [5.41, 5.74) is 0.304. The third kappa shape index (κ3) is 3.17. The molecule has 0 saturated heterocycles. The van der Waals surface area contributed by atoms with Gasteiger partial charge >= 0.3 is 5.97 Å². The molecule has 0 bridgehead atoms. The number of carbonyl (C=O) groups excluding carboxylic acids is 1. The molecule has 1 fully saturated rings. The maximum absolute atomic E-state index is 12.2. The summed E-state index contributed by atoms with van der Waals surface area (Å²) in [6, 6.07) is 0. The highest BCUT2D eigenvalue weighted by Gasteiger charge is 2.43. The summed E-state index contributed by atoms with van der Waals surface area (Å²) in [7, 11) is 0. The van der Waals surface area contributed by atoms with Gasteiger partial charge in [0.25, 0.3) is 0 Å². The quantitative estimate of drug-likeness (QED) is 0.500. The summed E-state index contributed by atoms with van der Waals surface area (Å²) in [5, 5.41) is 0. The van der Waals surface area contributed by atoms with Crippen LogP contribution < -0.4 is 0 Å². The van der Waals surface area contributed by atoms with E-state index in [-0.39, 0.29) is 0 Å². The van der Waals surface area contributed by atoms with Crippen LogP contribution in [0.5, 0.6) is 0 Å². The summed E-state index contributed by atoms with van der Waals surface area (Å²) in [6.45, 7) is 5.45. The Morgan fingerprint density at radius 3 is 2.62 bits per heavy atom. The molecule has 3 heteroatoms. The van der Waals surface area contributed by atoms with Gasteiger partial charge in [-0.2, -0.15) is 0 Å². The zero-order valence-corrected chi connectivity index (χ0v) is 8.21. The average molecular weight is 186 g/mol. The number of hydrogen-bond acceptors (Lipinski definition) is 2. The van der Waals surface area contributed by atoms with Crippen molar-refractivity contribution in [3.63, 3.8) is 0 Å². The van der Waals surface area contributed by atoms with Crippen LogP contribution in [0.3, 0.4) is 0 Å². The fourth-order valence-electron chi connectivity index (χ4n) is 1.23. The first-order valence-electron chi connectivity index (χ1n) is 4.45. The number of rotatable bonds is 3. The molecule has 0 aromatic heterocycles. The van der Waals surface area contributed by atoms with Crippen molar-refractivity contribution >= 4 is 5.97 Å². The fourth-order valence-corrected chi connectivity index (χ4v) is 1.23. The van der Waals surface area contributed by atoms with E-state index in [1.165, 1.54) is 13.0 Å². The molecule has 13 heavy (non-hydrogen) atoms. The topological polar surface area (TPSA) is 26.3 Å². The van der Waals surface area contributed by atoms with Gasteiger partial charge in [-0.25, -0.2) is 9.18 Å². The highest BCUT2D eigenvalue weighted by molar-refractivity contribution is 5.82. The highest BCUT2D eigenvalue weighted by Crippen LogP contribution is 2.52. The molecule has 2 nitrogen and oxygen atoms in total. The molecule has 0 amide bonds. The smallest absolute Gasteiger partial charge is 0.332 e. The second-order valence-electron chi connectivity index (χ2n) is 4.14. The monoisotopic (exact) mass is 186 g/mol. The zero-order chi connectivity index (χ0) is 10.1. The molecule has 74 valence electrons. The summed E-state index contributed by atoms with van der Waals surface area (Å²) in [6.07, 6.45) is 2.67. The van der Waals surface area contributed by atoms with Gasteiger partial charge < -0.3 is 4.74 Å². The minimum Gasteiger partial charge on any atom is -0.428 e. The second-order valence-corrected chi connectivity index (χ2v) is 4.14. The second kappa shape index (κ2) is 3.48. The van der Waals surface area contributed by atoms with E-state index in [0.29, 0.717) is 11.3 Å². The third-order valence-electron chi connectivity index (χ3n) is 2.33. The van der Waals surface area contributed by atoms with Crippen LogP contribution in [0, 0.1) is 11.3 Å². The van der Waals surface area contributed by atoms with Crippen molar-refractivity contribution < 1.29 is 13.9 Å².